The second kappa shape index (κ2) is 7.15. The number of furan rings is 1. The van der Waals surface area contributed by atoms with Gasteiger partial charge in [0.2, 0.25) is 0 Å². The van der Waals surface area contributed by atoms with Crippen molar-refractivity contribution in [1.29, 1.82) is 0 Å². The number of nitrogens with zero attached hydrogens (tertiary/aromatic N) is 1. The molecule has 3 unspecified atom stereocenters. The van der Waals surface area contributed by atoms with Gasteiger partial charge in [-0.05, 0) is 38.8 Å². The Labute approximate surface area is 131 Å². The molecule has 1 fully saturated rings. The van der Waals surface area contributed by atoms with Crippen LogP contribution >= 0.6 is 0 Å². The third-order valence-electron chi connectivity index (χ3n) is 4.25. The number of hydrogen-bond acceptors (Lipinski definition) is 4. The molecule has 0 saturated heterocycles. The zero-order chi connectivity index (χ0) is 16.2. The van der Waals surface area contributed by atoms with E-state index in [0.29, 0.717) is 18.3 Å². The van der Waals surface area contributed by atoms with E-state index in [4.69, 9.17) is 4.42 Å². The van der Waals surface area contributed by atoms with Crippen LogP contribution in [0.2, 0.25) is 0 Å². The molecule has 0 spiro atoms. The summed E-state index contributed by atoms with van der Waals surface area (Å²) in [4.78, 5) is 4.15. The number of aliphatic hydroxyl groups excluding tert-OH is 1. The minimum absolute atomic E-state index is 0.222. The second-order valence-corrected chi connectivity index (χ2v) is 6.25. The van der Waals surface area contributed by atoms with Crippen LogP contribution in [0, 0.1) is 12.8 Å². The predicted octanol–water partition coefficient (Wildman–Crippen LogP) is 1.12. The maximum atomic E-state index is 10.5. The van der Waals surface area contributed by atoms with Gasteiger partial charge in [-0.3, -0.25) is 4.99 Å². The van der Waals surface area contributed by atoms with Gasteiger partial charge in [0, 0.05) is 19.5 Å². The lowest BCUT2D eigenvalue weighted by Gasteiger charge is -2.23. The van der Waals surface area contributed by atoms with Crippen molar-refractivity contribution in [3.8, 4) is 0 Å². The van der Waals surface area contributed by atoms with Crippen molar-refractivity contribution in [2.24, 2.45) is 10.9 Å². The summed E-state index contributed by atoms with van der Waals surface area (Å²) in [7, 11) is 1.69. The molecule has 124 valence electrons. The summed E-state index contributed by atoms with van der Waals surface area (Å²) in [6.45, 7) is 4.52. The van der Waals surface area contributed by atoms with E-state index in [0.717, 1.165) is 25.0 Å². The van der Waals surface area contributed by atoms with Gasteiger partial charge in [-0.15, -0.1) is 0 Å². The lowest BCUT2D eigenvalue weighted by atomic mass is 10.0. The molecule has 2 rings (SSSR count). The van der Waals surface area contributed by atoms with Gasteiger partial charge >= 0.3 is 0 Å². The number of guanidine groups is 1. The number of nitrogens with one attached hydrogen (secondary N) is 2. The average Bonchev–Trinajstić information content (AvgIpc) is 3.08. The number of aliphatic imine (C=N–C) groups is 1. The Morgan fingerprint density at radius 2 is 2.18 bits per heavy atom. The first-order chi connectivity index (χ1) is 10.4. The van der Waals surface area contributed by atoms with E-state index in [1.165, 1.54) is 0 Å². The molecule has 1 heterocycles. The van der Waals surface area contributed by atoms with Crippen LogP contribution in [0.1, 0.15) is 37.7 Å². The monoisotopic (exact) mass is 309 g/mol. The van der Waals surface area contributed by atoms with Gasteiger partial charge in [-0.25, -0.2) is 0 Å². The van der Waals surface area contributed by atoms with Crippen LogP contribution < -0.4 is 10.6 Å². The molecule has 0 radical (unpaired) electrons. The quantitative estimate of drug-likeness (QED) is 0.483. The maximum Gasteiger partial charge on any atom is 0.191 e. The van der Waals surface area contributed by atoms with E-state index in [2.05, 4.69) is 15.6 Å². The van der Waals surface area contributed by atoms with Gasteiger partial charge in [-0.1, -0.05) is 6.42 Å². The first-order valence-corrected chi connectivity index (χ1v) is 7.84. The maximum absolute atomic E-state index is 10.5. The van der Waals surface area contributed by atoms with Gasteiger partial charge in [0.1, 0.15) is 17.1 Å². The topological polar surface area (TPSA) is 90.0 Å². The van der Waals surface area contributed by atoms with Gasteiger partial charge in [-0.2, -0.15) is 0 Å². The van der Waals surface area contributed by atoms with Gasteiger partial charge < -0.3 is 25.3 Å². The van der Waals surface area contributed by atoms with Crippen LogP contribution in [0.3, 0.4) is 0 Å². The van der Waals surface area contributed by atoms with Crippen molar-refractivity contribution < 1.29 is 14.6 Å². The fourth-order valence-corrected chi connectivity index (χ4v) is 2.77. The van der Waals surface area contributed by atoms with Gasteiger partial charge in [0.05, 0.1) is 12.6 Å². The van der Waals surface area contributed by atoms with Crippen LogP contribution in [0.15, 0.2) is 21.5 Å². The van der Waals surface area contributed by atoms with Crippen molar-refractivity contribution in [2.75, 3.05) is 20.1 Å². The molecule has 0 aliphatic heterocycles. The molecule has 3 atom stereocenters. The molecule has 1 aliphatic rings. The van der Waals surface area contributed by atoms with Crippen LogP contribution in [-0.2, 0) is 5.60 Å². The second-order valence-electron chi connectivity index (χ2n) is 6.25. The fourth-order valence-electron chi connectivity index (χ4n) is 2.77. The summed E-state index contributed by atoms with van der Waals surface area (Å²) in [6.07, 6.45) is 2.77. The van der Waals surface area contributed by atoms with Crippen molar-refractivity contribution in [2.45, 2.75) is 44.8 Å². The lowest BCUT2D eigenvalue weighted by Crippen LogP contribution is -2.46. The molecule has 1 saturated carbocycles. The molecular formula is C16H27N3O3. The molecule has 6 nitrogen and oxygen atoms in total. The normalized spacial score (nSPS) is 25.0. The van der Waals surface area contributed by atoms with E-state index < -0.39 is 5.60 Å². The molecule has 0 amide bonds. The van der Waals surface area contributed by atoms with E-state index in [-0.39, 0.29) is 18.6 Å². The first kappa shape index (κ1) is 16.8. The summed E-state index contributed by atoms with van der Waals surface area (Å²) in [5.74, 6) is 2.18. The minimum atomic E-state index is -1.11. The molecule has 0 aromatic carbocycles. The zero-order valence-electron chi connectivity index (χ0n) is 13.6. The van der Waals surface area contributed by atoms with Crippen LogP contribution in [-0.4, -0.2) is 42.4 Å². The lowest BCUT2D eigenvalue weighted by molar-refractivity contribution is 0.0377. The standard InChI is InChI=1S/C16H27N3O3/c1-11-7-8-14(22-11)16(2,21)10-19-15(17-3)18-9-12-5-4-6-13(12)20/h7-8,12-13,20-21H,4-6,9-10H2,1-3H3,(H2,17,18,19). The molecule has 1 aromatic heterocycles. The molecule has 0 bridgehead atoms. The van der Waals surface area contributed by atoms with Crippen molar-refractivity contribution in [3.05, 3.63) is 23.7 Å². The largest absolute Gasteiger partial charge is 0.463 e. The van der Waals surface area contributed by atoms with Crippen molar-refractivity contribution in [3.63, 3.8) is 0 Å². The van der Waals surface area contributed by atoms with Crippen LogP contribution in [0.25, 0.3) is 0 Å². The third-order valence-corrected chi connectivity index (χ3v) is 4.25. The number of aryl methyl sites for hydroxylation is 1. The Morgan fingerprint density at radius 3 is 2.73 bits per heavy atom. The molecule has 22 heavy (non-hydrogen) atoms. The molecule has 6 heteroatoms. The third kappa shape index (κ3) is 4.24. The summed E-state index contributed by atoms with van der Waals surface area (Å²) >= 11 is 0. The first-order valence-electron chi connectivity index (χ1n) is 7.84. The highest BCUT2D eigenvalue weighted by molar-refractivity contribution is 5.79. The van der Waals surface area contributed by atoms with Crippen molar-refractivity contribution in [1.82, 2.24) is 10.6 Å². The summed E-state index contributed by atoms with van der Waals surface area (Å²) in [5.41, 5.74) is -1.11. The van der Waals surface area contributed by atoms with E-state index in [1.54, 1.807) is 20.0 Å². The molecule has 1 aromatic rings. The Kier molecular flexibility index (Phi) is 5.47. The number of hydrogen-bond donors (Lipinski definition) is 4. The molecular weight excluding hydrogens is 282 g/mol. The highest BCUT2D eigenvalue weighted by Gasteiger charge is 2.28. The predicted molar refractivity (Wildman–Crippen MR) is 85.7 cm³/mol. The van der Waals surface area contributed by atoms with E-state index in [9.17, 15) is 10.2 Å². The highest BCUT2D eigenvalue weighted by Crippen LogP contribution is 2.24. The Balaban J connectivity index is 1.83. The van der Waals surface area contributed by atoms with Gasteiger partial charge in [0.25, 0.3) is 0 Å². The smallest absolute Gasteiger partial charge is 0.191 e. The summed E-state index contributed by atoms with van der Waals surface area (Å²) < 4.78 is 5.49. The fraction of sp³-hybridized carbons (Fsp3) is 0.688. The Bertz CT molecular complexity index is 510. The zero-order valence-corrected chi connectivity index (χ0v) is 13.6. The summed E-state index contributed by atoms with van der Waals surface area (Å²) in [5, 5.41) is 26.6. The molecule has 1 aliphatic carbocycles. The number of rotatable bonds is 5. The molecule has 4 N–H and O–H groups in total. The van der Waals surface area contributed by atoms with Crippen LogP contribution in [0.5, 0.6) is 0 Å². The van der Waals surface area contributed by atoms with Gasteiger partial charge in [0.15, 0.2) is 5.96 Å². The summed E-state index contributed by atoms with van der Waals surface area (Å²) in [6, 6.07) is 3.61. The Morgan fingerprint density at radius 1 is 1.41 bits per heavy atom. The average molecular weight is 309 g/mol. The van der Waals surface area contributed by atoms with Crippen molar-refractivity contribution >= 4 is 5.96 Å². The SMILES string of the molecule is CN=C(NCC1CCCC1O)NCC(C)(O)c1ccc(C)o1. The minimum Gasteiger partial charge on any atom is -0.463 e. The number of aliphatic hydroxyl groups is 2. The van der Waals surface area contributed by atoms with E-state index in [1.807, 2.05) is 13.0 Å². The Hall–Kier alpha value is -1.53. The highest BCUT2D eigenvalue weighted by atomic mass is 16.4. The van der Waals surface area contributed by atoms with E-state index >= 15 is 0 Å². The van der Waals surface area contributed by atoms with Crippen LogP contribution in [0.4, 0.5) is 0 Å².